The molecule has 0 aliphatic carbocycles. The molecule has 4 nitrogen and oxygen atoms in total. The van der Waals surface area contributed by atoms with Crippen molar-refractivity contribution in [3.63, 3.8) is 0 Å². The predicted octanol–water partition coefficient (Wildman–Crippen LogP) is 1.25. The van der Waals surface area contributed by atoms with Gasteiger partial charge >= 0.3 is 0 Å². The monoisotopic (exact) mass is 316 g/mol. The van der Waals surface area contributed by atoms with E-state index < -0.39 is 0 Å². The molecule has 0 amide bonds. The number of hydrogen-bond donors (Lipinski definition) is 2. The highest BCUT2D eigenvalue weighted by Gasteiger charge is 2.19. The molecule has 1 saturated heterocycles. The molecular formula is C12H18BrFN4. The maximum Gasteiger partial charge on any atom is 0.139 e. The van der Waals surface area contributed by atoms with Crippen LogP contribution < -0.4 is 16.4 Å². The summed E-state index contributed by atoms with van der Waals surface area (Å²) in [7, 11) is 0. The fourth-order valence-electron chi connectivity index (χ4n) is 2.22. The number of rotatable bonds is 3. The number of anilines is 2. The summed E-state index contributed by atoms with van der Waals surface area (Å²) in [6.07, 6.45) is 0. The van der Waals surface area contributed by atoms with Gasteiger partial charge in [0.15, 0.2) is 0 Å². The fourth-order valence-corrected chi connectivity index (χ4v) is 2.55. The van der Waals surface area contributed by atoms with Crippen LogP contribution in [0.3, 0.4) is 0 Å². The number of nitrogens with zero attached hydrogens (tertiary/aromatic N) is 2. The van der Waals surface area contributed by atoms with E-state index in [1.54, 1.807) is 6.07 Å². The second-order valence-corrected chi connectivity index (χ2v) is 5.30. The van der Waals surface area contributed by atoms with Crippen molar-refractivity contribution in [2.24, 2.45) is 5.73 Å². The van der Waals surface area contributed by atoms with Crippen LogP contribution >= 0.6 is 15.9 Å². The zero-order chi connectivity index (χ0) is 13.1. The maximum atomic E-state index is 13.3. The maximum absolute atomic E-state index is 13.3. The third-order valence-corrected chi connectivity index (χ3v) is 3.84. The molecule has 1 aromatic rings. The van der Waals surface area contributed by atoms with E-state index >= 15 is 0 Å². The molecule has 0 spiro atoms. The lowest BCUT2D eigenvalue weighted by atomic mass is 10.2. The molecule has 0 aromatic heterocycles. The van der Waals surface area contributed by atoms with Crippen LogP contribution in [0.4, 0.5) is 15.8 Å². The van der Waals surface area contributed by atoms with Crippen LogP contribution in [0.1, 0.15) is 0 Å². The number of hydrogen-bond acceptors (Lipinski definition) is 4. The van der Waals surface area contributed by atoms with E-state index in [9.17, 15) is 4.39 Å². The minimum absolute atomic E-state index is 0.321. The van der Waals surface area contributed by atoms with Crippen molar-refractivity contribution in [3.8, 4) is 0 Å². The van der Waals surface area contributed by atoms with Gasteiger partial charge in [0.25, 0.3) is 0 Å². The van der Waals surface area contributed by atoms with Crippen LogP contribution in [0.25, 0.3) is 0 Å². The van der Waals surface area contributed by atoms with Crippen LogP contribution in [0.15, 0.2) is 16.6 Å². The van der Waals surface area contributed by atoms with Gasteiger partial charge in [-0.05, 0) is 22.0 Å². The van der Waals surface area contributed by atoms with Crippen LogP contribution in [0.5, 0.6) is 0 Å². The third kappa shape index (κ3) is 2.93. The summed E-state index contributed by atoms with van der Waals surface area (Å²) in [6.45, 7) is 5.32. The van der Waals surface area contributed by atoms with Crippen molar-refractivity contribution < 1.29 is 4.39 Å². The number of nitrogen functional groups attached to an aromatic ring is 1. The average molecular weight is 317 g/mol. The van der Waals surface area contributed by atoms with E-state index in [0.29, 0.717) is 16.7 Å². The summed E-state index contributed by atoms with van der Waals surface area (Å²) >= 11 is 3.20. The van der Waals surface area contributed by atoms with E-state index in [1.165, 1.54) is 6.07 Å². The Hall–Kier alpha value is -0.850. The second kappa shape index (κ2) is 5.86. The first kappa shape index (κ1) is 13.6. The molecule has 1 aliphatic rings. The molecule has 18 heavy (non-hydrogen) atoms. The minimum atomic E-state index is -0.321. The first-order valence-electron chi connectivity index (χ1n) is 6.03. The highest BCUT2D eigenvalue weighted by Crippen LogP contribution is 2.30. The fraction of sp³-hybridized carbons (Fsp3) is 0.500. The van der Waals surface area contributed by atoms with Gasteiger partial charge in [-0.1, -0.05) is 0 Å². The molecule has 0 atom stereocenters. The summed E-state index contributed by atoms with van der Waals surface area (Å²) in [5, 5.41) is 0. The molecule has 1 heterocycles. The first-order valence-corrected chi connectivity index (χ1v) is 6.83. The van der Waals surface area contributed by atoms with Gasteiger partial charge in [-0.15, -0.1) is 0 Å². The lowest BCUT2D eigenvalue weighted by molar-refractivity contribution is 0.265. The summed E-state index contributed by atoms with van der Waals surface area (Å²) < 4.78 is 13.8. The van der Waals surface area contributed by atoms with Gasteiger partial charge in [0.1, 0.15) is 5.82 Å². The van der Waals surface area contributed by atoms with Gasteiger partial charge in [0, 0.05) is 45.3 Å². The molecule has 0 saturated carbocycles. The average Bonchev–Trinajstić information content (AvgIpc) is 2.35. The van der Waals surface area contributed by atoms with Crippen LogP contribution in [0, 0.1) is 5.82 Å². The molecule has 0 radical (unpaired) electrons. The first-order chi connectivity index (χ1) is 8.61. The Bertz CT molecular complexity index is 419. The van der Waals surface area contributed by atoms with Crippen molar-refractivity contribution in [1.82, 2.24) is 4.90 Å². The summed E-state index contributed by atoms with van der Waals surface area (Å²) in [5.41, 5.74) is 12.8. The molecule has 1 fully saturated rings. The van der Waals surface area contributed by atoms with Gasteiger partial charge in [0.2, 0.25) is 0 Å². The minimum Gasteiger partial charge on any atom is -0.397 e. The molecule has 1 aliphatic heterocycles. The molecule has 2 rings (SSSR count). The normalized spacial score (nSPS) is 17.2. The van der Waals surface area contributed by atoms with Crippen molar-refractivity contribution in [2.45, 2.75) is 0 Å². The topological polar surface area (TPSA) is 58.5 Å². The molecule has 1 aromatic carbocycles. The molecule has 0 unspecified atom stereocenters. The lowest BCUT2D eigenvalue weighted by Gasteiger charge is -2.36. The van der Waals surface area contributed by atoms with E-state index in [4.69, 9.17) is 11.5 Å². The molecule has 0 bridgehead atoms. The Morgan fingerprint density at radius 1 is 1.22 bits per heavy atom. The number of halogens is 2. The lowest BCUT2D eigenvalue weighted by Crippen LogP contribution is -2.48. The van der Waals surface area contributed by atoms with Crippen molar-refractivity contribution in [2.75, 3.05) is 49.9 Å². The van der Waals surface area contributed by atoms with Gasteiger partial charge in [-0.2, -0.15) is 0 Å². The summed E-state index contributed by atoms with van der Waals surface area (Å²) in [6, 6.07) is 3.12. The number of nitrogens with two attached hydrogens (primary N) is 2. The van der Waals surface area contributed by atoms with E-state index in [1.807, 2.05) is 0 Å². The summed E-state index contributed by atoms with van der Waals surface area (Å²) in [4.78, 5) is 4.51. The zero-order valence-electron chi connectivity index (χ0n) is 10.2. The van der Waals surface area contributed by atoms with Crippen LogP contribution in [-0.2, 0) is 0 Å². The van der Waals surface area contributed by atoms with Gasteiger partial charge < -0.3 is 16.4 Å². The SMILES string of the molecule is NCCN1CCN(c2cc(Br)c(F)cc2N)CC1. The number of piperazine rings is 1. The smallest absolute Gasteiger partial charge is 0.139 e. The van der Waals surface area contributed by atoms with E-state index in [2.05, 4.69) is 25.7 Å². The van der Waals surface area contributed by atoms with Crippen LogP contribution in [0.2, 0.25) is 0 Å². The zero-order valence-corrected chi connectivity index (χ0v) is 11.8. The standard InChI is InChI=1S/C12H18BrFN4/c13-9-7-12(11(16)8-10(9)14)18-5-3-17(2-1-15)4-6-18/h7-8H,1-6,15-16H2. The van der Waals surface area contributed by atoms with Crippen molar-refractivity contribution >= 4 is 27.3 Å². The predicted molar refractivity (Wildman–Crippen MR) is 76.2 cm³/mol. The molecule has 6 heteroatoms. The van der Waals surface area contributed by atoms with Gasteiger partial charge in [0.05, 0.1) is 15.8 Å². The largest absolute Gasteiger partial charge is 0.397 e. The Kier molecular flexibility index (Phi) is 4.42. The van der Waals surface area contributed by atoms with E-state index in [-0.39, 0.29) is 5.82 Å². The van der Waals surface area contributed by atoms with E-state index in [0.717, 1.165) is 38.4 Å². The summed E-state index contributed by atoms with van der Waals surface area (Å²) in [5.74, 6) is -0.321. The second-order valence-electron chi connectivity index (χ2n) is 4.44. The van der Waals surface area contributed by atoms with Crippen molar-refractivity contribution in [1.29, 1.82) is 0 Å². The van der Waals surface area contributed by atoms with Crippen molar-refractivity contribution in [3.05, 3.63) is 22.4 Å². The van der Waals surface area contributed by atoms with Crippen LogP contribution in [-0.4, -0.2) is 44.2 Å². The highest BCUT2D eigenvalue weighted by atomic mass is 79.9. The highest BCUT2D eigenvalue weighted by molar-refractivity contribution is 9.10. The Morgan fingerprint density at radius 3 is 2.50 bits per heavy atom. The third-order valence-electron chi connectivity index (χ3n) is 3.23. The molecule has 100 valence electrons. The quantitative estimate of drug-likeness (QED) is 0.824. The Labute approximate surface area is 115 Å². The molecule has 4 N–H and O–H groups in total. The van der Waals surface area contributed by atoms with Gasteiger partial charge in [-0.25, -0.2) is 4.39 Å². The van der Waals surface area contributed by atoms with Gasteiger partial charge in [-0.3, -0.25) is 4.90 Å². The molecular weight excluding hydrogens is 299 g/mol. The number of benzene rings is 1. The Morgan fingerprint density at radius 2 is 1.89 bits per heavy atom. The Balaban J connectivity index is 2.07.